The fourth-order valence-electron chi connectivity index (χ4n) is 2.08. The quantitative estimate of drug-likeness (QED) is 0.744. The van der Waals surface area contributed by atoms with Crippen LogP contribution in [0.3, 0.4) is 0 Å². The summed E-state index contributed by atoms with van der Waals surface area (Å²) in [6, 6.07) is 0.472. The highest BCUT2D eigenvalue weighted by Crippen LogP contribution is 2.13. The van der Waals surface area contributed by atoms with Gasteiger partial charge in [-0.25, -0.2) is 0 Å². The van der Waals surface area contributed by atoms with Gasteiger partial charge in [0.2, 0.25) is 0 Å². The van der Waals surface area contributed by atoms with Gasteiger partial charge in [0, 0.05) is 19.3 Å². The smallest absolute Gasteiger partial charge is 0.325 e. The molecule has 1 aromatic heterocycles. The predicted octanol–water partition coefficient (Wildman–Crippen LogP) is 0.454. The molecule has 1 unspecified atom stereocenters. The molecule has 1 saturated heterocycles. The summed E-state index contributed by atoms with van der Waals surface area (Å²) < 4.78 is 0. The summed E-state index contributed by atoms with van der Waals surface area (Å²) >= 11 is 0. The molecule has 7 nitrogen and oxygen atoms in total. The number of hydrogen-bond donors (Lipinski definition) is 3. The van der Waals surface area contributed by atoms with Crippen LogP contribution in [-0.4, -0.2) is 51.9 Å². The average Bonchev–Trinajstić information content (AvgIpc) is 3.09. The van der Waals surface area contributed by atoms with Crippen molar-refractivity contribution < 1.29 is 19.5 Å². The molecule has 3 N–H and O–H groups in total. The maximum absolute atomic E-state index is 12.1. The van der Waals surface area contributed by atoms with Gasteiger partial charge in [0.1, 0.15) is 11.7 Å². The molecule has 0 aromatic carbocycles. The molecule has 2 amide bonds. The zero-order chi connectivity index (χ0) is 14.7. The van der Waals surface area contributed by atoms with Gasteiger partial charge in [-0.05, 0) is 25.8 Å². The SMILES string of the molecule is CC(NC(=O)c1c[nH]c(C(=O)N2CCCC2)c1)C(=O)O. The van der Waals surface area contributed by atoms with E-state index in [4.69, 9.17) is 5.11 Å². The highest BCUT2D eigenvalue weighted by Gasteiger charge is 2.22. The first kappa shape index (κ1) is 14.1. The van der Waals surface area contributed by atoms with Crippen molar-refractivity contribution in [3.8, 4) is 0 Å². The van der Waals surface area contributed by atoms with Crippen LogP contribution < -0.4 is 5.32 Å². The predicted molar refractivity (Wildman–Crippen MR) is 70.5 cm³/mol. The third kappa shape index (κ3) is 2.98. The van der Waals surface area contributed by atoms with Crippen LogP contribution in [0.4, 0.5) is 0 Å². The second-order valence-electron chi connectivity index (χ2n) is 4.83. The number of nitrogens with one attached hydrogen (secondary N) is 2. The Bertz CT molecular complexity index is 531. The zero-order valence-corrected chi connectivity index (χ0v) is 11.2. The maximum atomic E-state index is 12.1. The van der Waals surface area contributed by atoms with Gasteiger partial charge < -0.3 is 20.3 Å². The number of hydrogen-bond acceptors (Lipinski definition) is 3. The van der Waals surface area contributed by atoms with E-state index in [2.05, 4.69) is 10.3 Å². The molecular formula is C13H17N3O4. The molecule has 20 heavy (non-hydrogen) atoms. The van der Waals surface area contributed by atoms with Crippen molar-refractivity contribution in [3.63, 3.8) is 0 Å². The van der Waals surface area contributed by atoms with Crippen molar-refractivity contribution >= 4 is 17.8 Å². The molecule has 1 aliphatic heterocycles. The van der Waals surface area contributed by atoms with E-state index in [0.29, 0.717) is 5.69 Å². The Kier molecular flexibility index (Phi) is 4.07. The van der Waals surface area contributed by atoms with Crippen molar-refractivity contribution in [1.29, 1.82) is 0 Å². The minimum Gasteiger partial charge on any atom is -0.480 e. The van der Waals surface area contributed by atoms with Crippen LogP contribution in [0.1, 0.15) is 40.6 Å². The van der Waals surface area contributed by atoms with Gasteiger partial charge in [0.05, 0.1) is 5.56 Å². The van der Waals surface area contributed by atoms with Gasteiger partial charge in [-0.2, -0.15) is 0 Å². The monoisotopic (exact) mass is 279 g/mol. The minimum absolute atomic E-state index is 0.132. The number of H-pyrrole nitrogens is 1. The molecule has 0 saturated carbocycles. The number of carbonyl (C=O) groups is 3. The van der Waals surface area contributed by atoms with Crippen LogP contribution in [0.25, 0.3) is 0 Å². The lowest BCUT2D eigenvalue weighted by molar-refractivity contribution is -0.138. The number of carboxylic acids is 1. The summed E-state index contributed by atoms with van der Waals surface area (Å²) in [5, 5.41) is 11.1. The molecule has 1 fully saturated rings. The molecule has 0 bridgehead atoms. The first-order valence-corrected chi connectivity index (χ1v) is 6.50. The summed E-state index contributed by atoms with van der Waals surface area (Å²) in [5.41, 5.74) is 0.598. The Hall–Kier alpha value is -2.31. The lowest BCUT2D eigenvalue weighted by atomic mass is 10.2. The number of aromatic amines is 1. The first-order chi connectivity index (χ1) is 9.49. The molecule has 108 valence electrons. The molecule has 0 aliphatic carbocycles. The Morgan fingerprint density at radius 2 is 2.00 bits per heavy atom. The fraction of sp³-hybridized carbons (Fsp3) is 0.462. The molecule has 7 heteroatoms. The number of aliphatic carboxylic acids is 1. The van der Waals surface area contributed by atoms with E-state index in [9.17, 15) is 14.4 Å². The Morgan fingerprint density at radius 1 is 1.35 bits per heavy atom. The van der Waals surface area contributed by atoms with Crippen molar-refractivity contribution in [1.82, 2.24) is 15.2 Å². The minimum atomic E-state index is -1.11. The highest BCUT2D eigenvalue weighted by atomic mass is 16.4. The van der Waals surface area contributed by atoms with E-state index in [-0.39, 0.29) is 11.5 Å². The molecule has 2 rings (SSSR count). The largest absolute Gasteiger partial charge is 0.480 e. The van der Waals surface area contributed by atoms with Crippen molar-refractivity contribution in [2.24, 2.45) is 0 Å². The number of nitrogens with zero attached hydrogens (tertiary/aromatic N) is 1. The fourth-order valence-corrected chi connectivity index (χ4v) is 2.08. The number of carbonyl (C=O) groups excluding carboxylic acids is 2. The summed E-state index contributed by atoms with van der Waals surface area (Å²) in [7, 11) is 0. The van der Waals surface area contributed by atoms with E-state index in [1.165, 1.54) is 19.2 Å². The lowest BCUT2D eigenvalue weighted by Crippen LogP contribution is -2.38. The molecule has 0 spiro atoms. The third-order valence-electron chi connectivity index (χ3n) is 3.29. The maximum Gasteiger partial charge on any atom is 0.325 e. The highest BCUT2D eigenvalue weighted by molar-refractivity contribution is 6.00. The van der Waals surface area contributed by atoms with E-state index in [1.54, 1.807) is 4.90 Å². The van der Waals surface area contributed by atoms with Crippen LogP contribution >= 0.6 is 0 Å². The Balaban J connectivity index is 2.02. The molecule has 1 aromatic rings. The standard InChI is InChI=1S/C13H17N3O4/c1-8(13(19)20)15-11(17)9-6-10(14-7-9)12(18)16-4-2-3-5-16/h6-8,14H,2-5H2,1H3,(H,15,17)(H,19,20). The van der Waals surface area contributed by atoms with Crippen molar-refractivity contribution in [2.75, 3.05) is 13.1 Å². The lowest BCUT2D eigenvalue weighted by Gasteiger charge is -2.13. The van der Waals surface area contributed by atoms with Crippen LogP contribution in [0, 0.1) is 0 Å². The second-order valence-corrected chi connectivity index (χ2v) is 4.83. The number of amides is 2. The average molecular weight is 279 g/mol. The molecule has 0 radical (unpaired) electrons. The molecule has 1 aliphatic rings. The van der Waals surface area contributed by atoms with Gasteiger partial charge in [-0.15, -0.1) is 0 Å². The van der Waals surface area contributed by atoms with Crippen LogP contribution in [-0.2, 0) is 4.79 Å². The van der Waals surface area contributed by atoms with Gasteiger partial charge in [0.25, 0.3) is 11.8 Å². The van der Waals surface area contributed by atoms with Crippen molar-refractivity contribution in [3.05, 3.63) is 23.5 Å². The first-order valence-electron chi connectivity index (χ1n) is 6.50. The molecule has 1 atom stereocenters. The van der Waals surface area contributed by atoms with Gasteiger partial charge >= 0.3 is 5.97 Å². The van der Waals surface area contributed by atoms with Crippen LogP contribution in [0.2, 0.25) is 0 Å². The van der Waals surface area contributed by atoms with Gasteiger partial charge in [-0.1, -0.05) is 0 Å². The summed E-state index contributed by atoms with van der Waals surface area (Å²) in [5.74, 6) is -1.76. The Labute approximate surface area is 116 Å². The topological polar surface area (TPSA) is 103 Å². The number of aromatic nitrogens is 1. The summed E-state index contributed by atoms with van der Waals surface area (Å²) in [6.45, 7) is 2.84. The van der Waals surface area contributed by atoms with E-state index < -0.39 is 17.9 Å². The normalized spacial score (nSPS) is 15.9. The number of carboxylic acid groups (broad SMARTS) is 1. The summed E-state index contributed by atoms with van der Waals surface area (Å²) in [4.78, 5) is 39.0. The van der Waals surface area contributed by atoms with E-state index in [1.807, 2.05) is 0 Å². The van der Waals surface area contributed by atoms with E-state index in [0.717, 1.165) is 25.9 Å². The zero-order valence-electron chi connectivity index (χ0n) is 11.2. The molecular weight excluding hydrogens is 262 g/mol. The number of rotatable bonds is 4. The van der Waals surface area contributed by atoms with Gasteiger partial charge in [0.15, 0.2) is 0 Å². The van der Waals surface area contributed by atoms with Crippen LogP contribution in [0.5, 0.6) is 0 Å². The summed E-state index contributed by atoms with van der Waals surface area (Å²) in [6.07, 6.45) is 3.40. The van der Waals surface area contributed by atoms with E-state index >= 15 is 0 Å². The Morgan fingerprint density at radius 3 is 2.60 bits per heavy atom. The van der Waals surface area contributed by atoms with Crippen molar-refractivity contribution in [2.45, 2.75) is 25.8 Å². The van der Waals surface area contributed by atoms with Gasteiger partial charge in [-0.3, -0.25) is 14.4 Å². The number of likely N-dealkylation sites (tertiary alicyclic amines) is 1. The molecule has 2 heterocycles. The third-order valence-corrected chi connectivity index (χ3v) is 3.29. The second kappa shape index (κ2) is 5.77. The van der Waals surface area contributed by atoms with Crippen LogP contribution in [0.15, 0.2) is 12.3 Å².